The maximum atomic E-state index is 11.1. The first-order valence-corrected chi connectivity index (χ1v) is 5.32. The van der Waals surface area contributed by atoms with Gasteiger partial charge in [0.15, 0.2) is 0 Å². The number of amides is 1. The fourth-order valence-corrected chi connectivity index (χ4v) is 1.57. The molecular formula is C12H19N3O. The van der Waals surface area contributed by atoms with Gasteiger partial charge in [-0.1, -0.05) is 0 Å². The molecule has 0 aliphatic carbocycles. The zero-order valence-corrected chi connectivity index (χ0v) is 10.1. The van der Waals surface area contributed by atoms with E-state index in [9.17, 15) is 4.79 Å². The van der Waals surface area contributed by atoms with Gasteiger partial charge < -0.3 is 16.0 Å². The Hall–Kier alpha value is -1.55. The summed E-state index contributed by atoms with van der Waals surface area (Å²) in [5, 5.41) is 3.10. The van der Waals surface area contributed by atoms with Crippen LogP contribution in [0.3, 0.4) is 0 Å². The summed E-state index contributed by atoms with van der Waals surface area (Å²) in [7, 11) is 3.95. The smallest absolute Gasteiger partial charge is 0.248 e. The molecule has 1 rings (SSSR count). The van der Waals surface area contributed by atoms with Crippen molar-refractivity contribution in [3.05, 3.63) is 29.3 Å². The number of nitrogens with two attached hydrogens (primary N) is 1. The minimum Gasteiger partial charge on any atom is -0.373 e. The lowest BCUT2D eigenvalue weighted by Crippen LogP contribution is -2.27. The summed E-state index contributed by atoms with van der Waals surface area (Å²) in [5.74, 6) is -0.373. The van der Waals surface area contributed by atoms with Gasteiger partial charge in [0.1, 0.15) is 0 Å². The standard InChI is InChI=1S/C12H19N3O/c1-9-8-10(15(3)7-6-14-2)4-5-11(9)12(13)16/h4-5,8,14H,6-7H2,1-3H3,(H2,13,16). The predicted molar refractivity (Wildman–Crippen MR) is 66.9 cm³/mol. The summed E-state index contributed by atoms with van der Waals surface area (Å²) in [6, 6.07) is 5.68. The molecule has 4 heteroatoms. The van der Waals surface area contributed by atoms with Crippen molar-refractivity contribution in [2.45, 2.75) is 6.92 Å². The summed E-state index contributed by atoms with van der Waals surface area (Å²) < 4.78 is 0. The molecule has 1 aromatic rings. The number of nitrogens with one attached hydrogen (secondary N) is 1. The lowest BCUT2D eigenvalue weighted by Gasteiger charge is -2.20. The van der Waals surface area contributed by atoms with Crippen LogP contribution in [0.4, 0.5) is 5.69 Å². The summed E-state index contributed by atoms with van der Waals surface area (Å²) >= 11 is 0. The Morgan fingerprint density at radius 1 is 1.50 bits per heavy atom. The van der Waals surface area contributed by atoms with E-state index in [-0.39, 0.29) is 5.91 Å². The van der Waals surface area contributed by atoms with Crippen molar-refractivity contribution >= 4 is 11.6 Å². The number of carbonyl (C=O) groups is 1. The molecule has 16 heavy (non-hydrogen) atoms. The molecule has 3 N–H and O–H groups in total. The summed E-state index contributed by atoms with van der Waals surface area (Å²) in [6.45, 7) is 3.74. The highest BCUT2D eigenvalue weighted by molar-refractivity contribution is 5.94. The van der Waals surface area contributed by atoms with Crippen LogP contribution in [-0.4, -0.2) is 33.1 Å². The second kappa shape index (κ2) is 5.51. The fraction of sp³-hybridized carbons (Fsp3) is 0.417. The average Bonchev–Trinajstić information content (AvgIpc) is 2.25. The van der Waals surface area contributed by atoms with Crippen LogP contribution in [0.15, 0.2) is 18.2 Å². The lowest BCUT2D eigenvalue weighted by atomic mass is 10.1. The number of rotatable bonds is 5. The first kappa shape index (κ1) is 12.5. The highest BCUT2D eigenvalue weighted by Crippen LogP contribution is 2.17. The number of primary amides is 1. The van der Waals surface area contributed by atoms with Gasteiger partial charge in [-0.05, 0) is 37.7 Å². The molecule has 88 valence electrons. The quantitative estimate of drug-likeness (QED) is 0.771. The number of nitrogens with zero attached hydrogens (tertiary/aromatic N) is 1. The van der Waals surface area contributed by atoms with Crippen LogP contribution in [0.1, 0.15) is 15.9 Å². The van der Waals surface area contributed by atoms with Gasteiger partial charge in [0, 0.05) is 31.4 Å². The molecule has 4 nitrogen and oxygen atoms in total. The van der Waals surface area contributed by atoms with E-state index in [0.717, 1.165) is 24.3 Å². The van der Waals surface area contributed by atoms with Crippen molar-refractivity contribution in [2.24, 2.45) is 5.73 Å². The molecule has 0 aliphatic rings. The molecule has 0 radical (unpaired) electrons. The zero-order chi connectivity index (χ0) is 12.1. The molecule has 0 unspecified atom stereocenters. The van der Waals surface area contributed by atoms with Crippen molar-refractivity contribution in [1.29, 1.82) is 0 Å². The summed E-state index contributed by atoms with van der Waals surface area (Å²) in [5.41, 5.74) is 7.86. The molecule has 0 bridgehead atoms. The SMILES string of the molecule is CNCCN(C)c1ccc(C(N)=O)c(C)c1. The molecule has 0 atom stereocenters. The normalized spacial score (nSPS) is 10.2. The molecule has 0 saturated heterocycles. The van der Waals surface area contributed by atoms with Crippen molar-refractivity contribution < 1.29 is 4.79 Å². The highest BCUT2D eigenvalue weighted by Gasteiger charge is 2.07. The molecule has 0 aliphatic heterocycles. The average molecular weight is 221 g/mol. The van der Waals surface area contributed by atoms with E-state index < -0.39 is 0 Å². The summed E-state index contributed by atoms with van der Waals surface area (Å²) in [6.07, 6.45) is 0. The van der Waals surface area contributed by atoms with Crippen LogP contribution in [0.25, 0.3) is 0 Å². The van der Waals surface area contributed by atoms with Crippen molar-refractivity contribution in [2.75, 3.05) is 32.1 Å². The maximum Gasteiger partial charge on any atom is 0.248 e. The van der Waals surface area contributed by atoms with Crippen LogP contribution >= 0.6 is 0 Å². The van der Waals surface area contributed by atoms with Gasteiger partial charge in [0.2, 0.25) is 5.91 Å². The lowest BCUT2D eigenvalue weighted by molar-refractivity contribution is 0.1000. The molecule has 0 saturated carbocycles. The Labute approximate surface area is 96.4 Å². The molecule has 0 spiro atoms. The molecule has 0 aromatic heterocycles. The van der Waals surface area contributed by atoms with Crippen molar-refractivity contribution in [3.8, 4) is 0 Å². The maximum absolute atomic E-state index is 11.1. The van der Waals surface area contributed by atoms with Gasteiger partial charge in [-0.25, -0.2) is 0 Å². The number of aryl methyl sites for hydroxylation is 1. The zero-order valence-electron chi connectivity index (χ0n) is 10.1. The van der Waals surface area contributed by atoms with Gasteiger partial charge >= 0.3 is 0 Å². The molecule has 1 aromatic carbocycles. The third-order valence-corrected chi connectivity index (χ3v) is 2.61. The van der Waals surface area contributed by atoms with E-state index in [0.29, 0.717) is 5.56 Å². The topological polar surface area (TPSA) is 58.4 Å². The highest BCUT2D eigenvalue weighted by atomic mass is 16.1. The third-order valence-electron chi connectivity index (χ3n) is 2.61. The Balaban J connectivity index is 2.84. The second-order valence-corrected chi connectivity index (χ2v) is 3.89. The number of anilines is 1. The Morgan fingerprint density at radius 2 is 2.19 bits per heavy atom. The first-order valence-electron chi connectivity index (χ1n) is 5.32. The Bertz CT molecular complexity index is 377. The number of benzene rings is 1. The number of hydrogen-bond donors (Lipinski definition) is 2. The van der Waals surface area contributed by atoms with Crippen molar-refractivity contribution in [3.63, 3.8) is 0 Å². The molecule has 0 fully saturated rings. The second-order valence-electron chi connectivity index (χ2n) is 3.89. The summed E-state index contributed by atoms with van der Waals surface area (Å²) in [4.78, 5) is 13.2. The van der Waals surface area contributed by atoms with E-state index in [4.69, 9.17) is 5.73 Å². The molecule has 0 heterocycles. The first-order chi connectivity index (χ1) is 7.56. The van der Waals surface area contributed by atoms with E-state index >= 15 is 0 Å². The van der Waals surface area contributed by atoms with E-state index in [2.05, 4.69) is 10.2 Å². The van der Waals surface area contributed by atoms with E-state index in [1.54, 1.807) is 6.07 Å². The predicted octanol–water partition coefficient (Wildman–Crippen LogP) is 0.750. The molecule has 1 amide bonds. The van der Waals surface area contributed by atoms with Gasteiger partial charge in [-0.15, -0.1) is 0 Å². The van der Waals surface area contributed by atoms with Crippen LogP contribution < -0.4 is 16.0 Å². The van der Waals surface area contributed by atoms with Crippen LogP contribution in [-0.2, 0) is 0 Å². The number of carbonyl (C=O) groups excluding carboxylic acids is 1. The minimum absolute atomic E-state index is 0.373. The Kier molecular flexibility index (Phi) is 4.31. The van der Waals surface area contributed by atoms with Gasteiger partial charge in [0.05, 0.1) is 0 Å². The number of likely N-dealkylation sites (N-methyl/N-ethyl adjacent to an activating group) is 2. The fourth-order valence-electron chi connectivity index (χ4n) is 1.57. The minimum atomic E-state index is -0.373. The van der Waals surface area contributed by atoms with Gasteiger partial charge in [-0.2, -0.15) is 0 Å². The van der Waals surface area contributed by atoms with Crippen LogP contribution in [0.5, 0.6) is 0 Å². The monoisotopic (exact) mass is 221 g/mol. The largest absolute Gasteiger partial charge is 0.373 e. The van der Waals surface area contributed by atoms with Crippen LogP contribution in [0, 0.1) is 6.92 Å². The molecular weight excluding hydrogens is 202 g/mol. The van der Waals surface area contributed by atoms with Crippen LogP contribution in [0.2, 0.25) is 0 Å². The van der Waals surface area contributed by atoms with E-state index in [1.807, 2.05) is 33.2 Å². The Morgan fingerprint density at radius 3 is 2.69 bits per heavy atom. The van der Waals surface area contributed by atoms with Gasteiger partial charge in [0.25, 0.3) is 0 Å². The number of hydrogen-bond acceptors (Lipinski definition) is 3. The van der Waals surface area contributed by atoms with Crippen molar-refractivity contribution in [1.82, 2.24) is 5.32 Å². The van der Waals surface area contributed by atoms with Gasteiger partial charge in [-0.3, -0.25) is 4.79 Å². The third kappa shape index (κ3) is 2.97. The van der Waals surface area contributed by atoms with E-state index in [1.165, 1.54) is 0 Å².